The van der Waals surface area contributed by atoms with Crippen molar-refractivity contribution in [1.29, 1.82) is 0 Å². The van der Waals surface area contributed by atoms with Crippen LogP contribution in [-0.2, 0) is 6.54 Å². The Morgan fingerprint density at radius 3 is 2.29 bits per heavy atom. The first kappa shape index (κ1) is 21.7. The minimum atomic E-state index is -0.459. The largest absolute Gasteiger partial charge is 0.489 e. The lowest BCUT2D eigenvalue weighted by molar-refractivity contribution is -0.384. The Balaban J connectivity index is 2.52. The average molecular weight is 390 g/mol. The van der Waals surface area contributed by atoms with Gasteiger partial charge in [0.15, 0.2) is 5.75 Å². The SMILES string of the molecule is CCCCCCOc1c(OCCCC)c2ccc([N+](=O)[O-])cc2n(CC)c1=O. The third kappa shape index (κ3) is 5.03. The molecule has 0 unspecified atom stereocenters. The van der Waals surface area contributed by atoms with Crippen molar-refractivity contribution in [2.24, 2.45) is 0 Å². The quantitative estimate of drug-likeness (QED) is 0.287. The number of nitro groups is 1. The van der Waals surface area contributed by atoms with Gasteiger partial charge in [-0.2, -0.15) is 0 Å². The minimum absolute atomic E-state index is 0.0538. The maximum Gasteiger partial charge on any atom is 0.297 e. The molecule has 0 aliphatic carbocycles. The van der Waals surface area contributed by atoms with Crippen LogP contribution in [0.15, 0.2) is 23.0 Å². The van der Waals surface area contributed by atoms with E-state index in [9.17, 15) is 14.9 Å². The fourth-order valence-electron chi connectivity index (χ4n) is 3.11. The number of aromatic nitrogens is 1. The zero-order valence-corrected chi connectivity index (χ0v) is 17.0. The van der Waals surface area contributed by atoms with Crippen molar-refractivity contribution in [3.63, 3.8) is 0 Å². The molecule has 1 aromatic heterocycles. The predicted molar refractivity (Wildman–Crippen MR) is 111 cm³/mol. The van der Waals surface area contributed by atoms with E-state index in [2.05, 4.69) is 13.8 Å². The summed E-state index contributed by atoms with van der Waals surface area (Å²) in [5.41, 5.74) is 0.130. The van der Waals surface area contributed by atoms with E-state index in [1.54, 1.807) is 6.07 Å². The standard InChI is InChI=1S/C21H30N2O5/c1-4-7-9-10-14-28-20-19(27-13-8-5-2)17-12-11-16(23(25)26)15-18(17)22(6-3)21(20)24/h11-12,15H,4-10,13-14H2,1-3H3. The molecule has 1 heterocycles. The molecule has 0 N–H and O–H groups in total. The summed E-state index contributed by atoms with van der Waals surface area (Å²) < 4.78 is 13.3. The van der Waals surface area contributed by atoms with Crippen LogP contribution in [0.25, 0.3) is 10.9 Å². The summed E-state index contributed by atoms with van der Waals surface area (Å²) in [6.07, 6.45) is 5.98. The average Bonchev–Trinajstić information content (AvgIpc) is 2.69. The molecule has 2 rings (SSSR count). The molecule has 0 bridgehead atoms. The van der Waals surface area contributed by atoms with Gasteiger partial charge in [-0.3, -0.25) is 14.9 Å². The zero-order valence-electron chi connectivity index (χ0n) is 17.0. The molecule has 0 aliphatic heterocycles. The van der Waals surface area contributed by atoms with Gasteiger partial charge in [-0.1, -0.05) is 39.5 Å². The van der Waals surface area contributed by atoms with Crippen LogP contribution >= 0.6 is 0 Å². The number of non-ortho nitro benzene ring substituents is 1. The van der Waals surface area contributed by atoms with Gasteiger partial charge in [-0.25, -0.2) is 0 Å². The number of unbranched alkanes of at least 4 members (excludes halogenated alkanes) is 4. The molecule has 0 fully saturated rings. The maximum absolute atomic E-state index is 13.1. The molecule has 0 saturated carbocycles. The second-order valence-electron chi connectivity index (χ2n) is 6.78. The fraction of sp³-hybridized carbons (Fsp3) is 0.571. The van der Waals surface area contributed by atoms with Gasteiger partial charge in [-0.05, 0) is 25.8 Å². The van der Waals surface area contributed by atoms with Gasteiger partial charge in [0.2, 0.25) is 5.75 Å². The third-order valence-corrected chi connectivity index (χ3v) is 4.68. The lowest BCUT2D eigenvalue weighted by Crippen LogP contribution is -2.23. The van der Waals surface area contributed by atoms with Crippen molar-refractivity contribution >= 4 is 16.6 Å². The Morgan fingerprint density at radius 2 is 1.64 bits per heavy atom. The molecule has 0 saturated heterocycles. The number of hydrogen-bond acceptors (Lipinski definition) is 5. The van der Waals surface area contributed by atoms with E-state index in [1.807, 2.05) is 6.92 Å². The van der Waals surface area contributed by atoms with Gasteiger partial charge < -0.3 is 14.0 Å². The number of pyridine rings is 1. The first-order valence-electron chi connectivity index (χ1n) is 10.2. The van der Waals surface area contributed by atoms with Crippen LogP contribution in [0.3, 0.4) is 0 Å². The van der Waals surface area contributed by atoms with Crippen molar-refractivity contribution in [2.45, 2.75) is 65.8 Å². The van der Waals surface area contributed by atoms with E-state index >= 15 is 0 Å². The fourth-order valence-corrected chi connectivity index (χ4v) is 3.11. The van der Waals surface area contributed by atoms with Gasteiger partial charge in [0.1, 0.15) is 0 Å². The van der Waals surface area contributed by atoms with Gasteiger partial charge in [0.05, 0.1) is 23.7 Å². The van der Waals surface area contributed by atoms with Crippen LogP contribution in [0.1, 0.15) is 59.3 Å². The highest BCUT2D eigenvalue weighted by molar-refractivity contribution is 5.89. The van der Waals surface area contributed by atoms with Crippen molar-refractivity contribution in [3.05, 3.63) is 38.7 Å². The Hall–Kier alpha value is -2.57. The molecule has 0 atom stereocenters. The summed E-state index contributed by atoms with van der Waals surface area (Å²) in [5.74, 6) is 0.597. The van der Waals surface area contributed by atoms with Crippen molar-refractivity contribution in [3.8, 4) is 11.5 Å². The van der Waals surface area contributed by atoms with Crippen LogP contribution in [0.5, 0.6) is 11.5 Å². The van der Waals surface area contributed by atoms with Gasteiger partial charge in [-0.15, -0.1) is 0 Å². The Kier molecular flexibility index (Phi) is 8.29. The number of nitrogens with zero attached hydrogens (tertiary/aromatic N) is 2. The highest BCUT2D eigenvalue weighted by atomic mass is 16.6. The molecule has 1 aromatic carbocycles. The van der Waals surface area contributed by atoms with Gasteiger partial charge in [0, 0.05) is 24.1 Å². The molecule has 0 radical (unpaired) electrons. The molecule has 0 spiro atoms. The van der Waals surface area contributed by atoms with Gasteiger partial charge >= 0.3 is 0 Å². The normalized spacial score (nSPS) is 11.0. The number of rotatable bonds is 12. The monoisotopic (exact) mass is 390 g/mol. The van der Waals surface area contributed by atoms with E-state index in [-0.39, 0.29) is 17.0 Å². The number of fused-ring (bicyclic) bond motifs is 1. The Labute approximate surface area is 165 Å². The third-order valence-electron chi connectivity index (χ3n) is 4.68. The van der Waals surface area contributed by atoms with E-state index in [0.717, 1.165) is 38.5 Å². The van der Waals surface area contributed by atoms with E-state index < -0.39 is 4.92 Å². The van der Waals surface area contributed by atoms with Gasteiger partial charge in [0.25, 0.3) is 11.2 Å². The smallest absolute Gasteiger partial charge is 0.297 e. The summed E-state index contributed by atoms with van der Waals surface area (Å²) >= 11 is 0. The van der Waals surface area contributed by atoms with Crippen LogP contribution in [0.4, 0.5) is 5.69 Å². The van der Waals surface area contributed by atoms with E-state index in [0.29, 0.717) is 36.4 Å². The first-order valence-corrected chi connectivity index (χ1v) is 10.2. The van der Waals surface area contributed by atoms with Crippen LogP contribution in [0, 0.1) is 10.1 Å². The number of ether oxygens (including phenoxy) is 2. The molecular weight excluding hydrogens is 360 g/mol. The Morgan fingerprint density at radius 1 is 0.964 bits per heavy atom. The molecule has 7 heteroatoms. The van der Waals surface area contributed by atoms with E-state index in [1.165, 1.54) is 16.7 Å². The lowest BCUT2D eigenvalue weighted by atomic mass is 10.1. The predicted octanol–water partition coefficient (Wildman–Crippen LogP) is 5.07. The highest BCUT2D eigenvalue weighted by Gasteiger charge is 2.21. The second-order valence-corrected chi connectivity index (χ2v) is 6.78. The van der Waals surface area contributed by atoms with Crippen LogP contribution in [-0.4, -0.2) is 22.7 Å². The van der Waals surface area contributed by atoms with Crippen molar-refractivity contribution < 1.29 is 14.4 Å². The minimum Gasteiger partial charge on any atom is -0.489 e. The highest BCUT2D eigenvalue weighted by Crippen LogP contribution is 2.35. The summed E-state index contributed by atoms with van der Waals surface area (Å²) in [5, 5.41) is 11.8. The molecule has 0 aliphatic rings. The summed E-state index contributed by atoms with van der Waals surface area (Å²) in [7, 11) is 0. The Bertz CT molecular complexity index is 860. The number of aryl methyl sites for hydroxylation is 1. The number of benzene rings is 1. The molecule has 7 nitrogen and oxygen atoms in total. The summed E-state index contributed by atoms with van der Waals surface area (Å²) in [6, 6.07) is 4.51. The molecule has 154 valence electrons. The summed E-state index contributed by atoms with van der Waals surface area (Å²) in [6.45, 7) is 7.33. The molecular formula is C21H30N2O5. The number of hydrogen-bond donors (Lipinski definition) is 0. The molecule has 2 aromatic rings. The second kappa shape index (κ2) is 10.7. The topological polar surface area (TPSA) is 83.6 Å². The number of nitro benzene ring substituents is 1. The van der Waals surface area contributed by atoms with Crippen molar-refractivity contribution in [1.82, 2.24) is 4.57 Å². The zero-order chi connectivity index (χ0) is 20.5. The van der Waals surface area contributed by atoms with Crippen LogP contribution in [0.2, 0.25) is 0 Å². The van der Waals surface area contributed by atoms with E-state index in [4.69, 9.17) is 9.47 Å². The molecule has 28 heavy (non-hydrogen) atoms. The summed E-state index contributed by atoms with van der Waals surface area (Å²) in [4.78, 5) is 23.8. The lowest BCUT2D eigenvalue weighted by Gasteiger charge is -2.18. The van der Waals surface area contributed by atoms with Crippen LogP contribution < -0.4 is 15.0 Å². The first-order chi connectivity index (χ1) is 13.5. The van der Waals surface area contributed by atoms with Crippen molar-refractivity contribution in [2.75, 3.05) is 13.2 Å². The molecule has 0 amide bonds. The maximum atomic E-state index is 13.1.